The van der Waals surface area contributed by atoms with Gasteiger partial charge in [0.15, 0.2) is 0 Å². The maximum absolute atomic E-state index is 12.1. The molecular weight excluding hydrogens is 224 g/mol. The van der Waals surface area contributed by atoms with E-state index in [0.29, 0.717) is 0 Å². The number of carbonyl (C=O) groups excluding carboxylic acids is 1. The molecule has 4 atom stereocenters. The second-order valence-corrected chi connectivity index (χ2v) is 6.08. The monoisotopic (exact) mass is 252 g/mol. The summed E-state index contributed by atoms with van der Waals surface area (Å²) in [6.45, 7) is 8.77. The van der Waals surface area contributed by atoms with Crippen LogP contribution in [0.25, 0.3) is 0 Å². The summed E-state index contributed by atoms with van der Waals surface area (Å²) in [4.78, 5) is 14.0. The van der Waals surface area contributed by atoms with E-state index in [9.17, 15) is 4.79 Å². The molecule has 2 rings (SSSR count). The molecule has 3 nitrogen and oxygen atoms in total. The number of likely N-dealkylation sites (N-methyl/N-ethyl adjacent to an activating group) is 1. The topological polar surface area (TPSA) is 32.3 Å². The second kappa shape index (κ2) is 6.05. The molecule has 0 aliphatic heterocycles. The molecule has 2 bridgehead atoms. The third-order valence-corrected chi connectivity index (χ3v) is 5.02. The molecule has 2 aliphatic carbocycles. The van der Waals surface area contributed by atoms with Gasteiger partial charge in [0.25, 0.3) is 0 Å². The first-order chi connectivity index (χ1) is 8.65. The Morgan fingerprint density at radius 3 is 2.50 bits per heavy atom. The van der Waals surface area contributed by atoms with Crippen LogP contribution in [0.1, 0.15) is 46.5 Å². The van der Waals surface area contributed by atoms with Gasteiger partial charge >= 0.3 is 0 Å². The van der Waals surface area contributed by atoms with E-state index >= 15 is 0 Å². The van der Waals surface area contributed by atoms with Crippen LogP contribution in [-0.2, 0) is 4.79 Å². The van der Waals surface area contributed by atoms with Gasteiger partial charge in [0, 0.05) is 13.1 Å². The van der Waals surface area contributed by atoms with Gasteiger partial charge in [-0.15, -0.1) is 0 Å². The van der Waals surface area contributed by atoms with Crippen molar-refractivity contribution < 1.29 is 4.79 Å². The summed E-state index contributed by atoms with van der Waals surface area (Å²) in [5.41, 5.74) is 0. The predicted octanol–water partition coefficient (Wildman–Crippen LogP) is 2.27. The number of nitrogens with one attached hydrogen (secondary N) is 1. The SMILES string of the molecule is CCN(CC)C(=O)C(C)NCC1CC2CCC1C2. The smallest absolute Gasteiger partial charge is 0.239 e. The Bertz CT molecular complexity index is 288. The van der Waals surface area contributed by atoms with Crippen LogP contribution < -0.4 is 5.32 Å². The minimum Gasteiger partial charge on any atom is -0.342 e. The summed E-state index contributed by atoms with van der Waals surface area (Å²) in [6, 6.07) is -0.0240. The third-order valence-electron chi connectivity index (χ3n) is 5.02. The second-order valence-electron chi connectivity index (χ2n) is 6.08. The molecule has 2 fully saturated rings. The van der Waals surface area contributed by atoms with Crippen LogP contribution in [0.2, 0.25) is 0 Å². The summed E-state index contributed by atoms with van der Waals surface area (Å²) in [6.07, 6.45) is 5.72. The van der Waals surface area contributed by atoms with Gasteiger partial charge in [-0.25, -0.2) is 0 Å². The largest absolute Gasteiger partial charge is 0.342 e. The summed E-state index contributed by atoms with van der Waals surface area (Å²) in [5, 5.41) is 3.47. The summed E-state index contributed by atoms with van der Waals surface area (Å²) in [5.74, 6) is 3.02. The molecule has 4 unspecified atom stereocenters. The van der Waals surface area contributed by atoms with Crippen molar-refractivity contribution in [2.45, 2.75) is 52.5 Å². The van der Waals surface area contributed by atoms with E-state index in [1.807, 2.05) is 25.7 Å². The van der Waals surface area contributed by atoms with Crippen molar-refractivity contribution in [3.8, 4) is 0 Å². The van der Waals surface area contributed by atoms with Gasteiger partial charge < -0.3 is 10.2 Å². The molecule has 18 heavy (non-hydrogen) atoms. The van der Waals surface area contributed by atoms with Crippen LogP contribution in [-0.4, -0.2) is 36.5 Å². The zero-order valence-corrected chi connectivity index (χ0v) is 12.1. The van der Waals surface area contributed by atoms with Gasteiger partial charge in [0.2, 0.25) is 5.91 Å². The summed E-state index contributed by atoms with van der Waals surface area (Å²) in [7, 11) is 0. The maximum atomic E-state index is 12.1. The van der Waals surface area contributed by atoms with E-state index in [1.165, 1.54) is 25.7 Å². The highest BCUT2D eigenvalue weighted by atomic mass is 16.2. The standard InChI is InChI=1S/C15H28N2O/c1-4-17(5-2)15(18)11(3)16-10-14-9-12-6-7-13(14)8-12/h11-14,16H,4-10H2,1-3H3. The predicted molar refractivity (Wildman–Crippen MR) is 74.3 cm³/mol. The van der Waals surface area contributed by atoms with Crippen LogP contribution >= 0.6 is 0 Å². The van der Waals surface area contributed by atoms with E-state index in [4.69, 9.17) is 0 Å². The Morgan fingerprint density at radius 2 is 2.00 bits per heavy atom. The average molecular weight is 252 g/mol. The number of amides is 1. The van der Waals surface area contributed by atoms with Gasteiger partial charge in [-0.3, -0.25) is 4.79 Å². The molecule has 0 aromatic heterocycles. The highest BCUT2D eigenvalue weighted by Gasteiger charge is 2.39. The maximum Gasteiger partial charge on any atom is 0.239 e. The van der Waals surface area contributed by atoms with Gasteiger partial charge in [0.1, 0.15) is 0 Å². The lowest BCUT2D eigenvalue weighted by Crippen LogP contribution is -2.46. The van der Waals surface area contributed by atoms with Crippen molar-refractivity contribution >= 4 is 5.91 Å². The van der Waals surface area contributed by atoms with Crippen LogP contribution in [0.4, 0.5) is 0 Å². The summed E-state index contributed by atoms with van der Waals surface area (Å²) < 4.78 is 0. The molecule has 0 radical (unpaired) electrons. The lowest BCUT2D eigenvalue weighted by atomic mass is 9.89. The molecule has 0 aromatic rings. The Morgan fingerprint density at radius 1 is 1.28 bits per heavy atom. The molecule has 1 N–H and O–H groups in total. The van der Waals surface area contributed by atoms with E-state index in [-0.39, 0.29) is 11.9 Å². The molecule has 0 spiro atoms. The molecule has 0 aromatic carbocycles. The molecule has 0 heterocycles. The fourth-order valence-corrected chi connectivity index (χ4v) is 3.85. The zero-order valence-electron chi connectivity index (χ0n) is 12.1. The highest BCUT2D eigenvalue weighted by Crippen LogP contribution is 2.47. The number of nitrogens with zero attached hydrogens (tertiary/aromatic N) is 1. The van der Waals surface area contributed by atoms with Crippen LogP contribution in [0.5, 0.6) is 0 Å². The first-order valence-electron chi connectivity index (χ1n) is 7.67. The van der Waals surface area contributed by atoms with Crippen molar-refractivity contribution in [1.82, 2.24) is 10.2 Å². The van der Waals surface area contributed by atoms with Crippen LogP contribution in [0, 0.1) is 17.8 Å². The molecule has 104 valence electrons. The van der Waals surface area contributed by atoms with Gasteiger partial charge in [0.05, 0.1) is 6.04 Å². The Kier molecular flexibility index (Phi) is 4.66. The van der Waals surface area contributed by atoms with Crippen LogP contribution in [0.15, 0.2) is 0 Å². The van der Waals surface area contributed by atoms with E-state index in [0.717, 1.165) is 37.4 Å². The third kappa shape index (κ3) is 2.87. The lowest BCUT2D eigenvalue weighted by molar-refractivity contribution is -0.132. The van der Waals surface area contributed by atoms with Gasteiger partial charge in [-0.2, -0.15) is 0 Å². The molecule has 0 saturated heterocycles. The van der Waals surface area contributed by atoms with Crippen molar-refractivity contribution in [2.24, 2.45) is 17.8 Å². The fraction of sp³-hybridized carbons (Fsp3) is 0.933. The normalized spacial score (nSPS) is 31.6. The number of hydrogen-bond acceptors (Lipinski definition) is 2. The van der Waals surface area contributed by atoms with Crippen molar-refractivity contribution in [1.29, 1.82) is 0 Å². The van der Waals surface area contributed by atoms with E-state index < -0.39 is 0 Å². The van der Waals surface area contributed by atoms with Crippen LogP contribution in [0.3, 0.4) is 0 Å². The van der Waals surface area contributed by atoms with Crippen molar-refractivity contribution in [3.63, 3.8) is 0 Å². The van der Waals surface area contributed by atoms with Gasteiger partial charge in [-0.05, 0) is 64.3 Å². The lowest BCUT2D eigenvalue weighted by Gasteiger charge is -2.27. The van der Waals surface area contributed by atoms with E-state index in [1.54, 1.807) is 0 Å². The Labute approximate surface area is 111 Å². The first kappa shape index (κ1) is 13.9. The van der Waals surface area contributed by atoms with E-state index in [2.05, 4.69) is 5.32 Å². The summed E-state index contributed by atoms with van der Waals surface area (Å²) >= 11 is 0. The molecule has 2 saturated carbocycles. The Balaban J connectivity index is 1.74. The van der Waals surface area contributed by atoms with Gasteiger partial charge in [-0.1, -0.05) is 6.42 Å². The number of rotatable bonds is 6. The molecule has 3 heteroatoms. The minimum absolute atomic E-state index is 0.0240. The minimum atomic E-state index is -0.0240. The number of fused-ring (bicyclic) bond motifs is 2. The molecule has 2 aliphatic rings. The fourth-order valence-electron chi connectivity index (χ4n) is 3.85. The van der Waals surface area contributed by atoms with Crippen molar-refractivity contribution in [2.75, 3.05) is 19.6 Å². The highest BCUT2D eigenvalue weighted by molar-refractivity contribution is 5.81. The first-order valence-corrected chi connectivity index (χ1v) is 7.67. The number of carbonyl (C=O) groups is 1. The Hall–Kier alpha value is -0.570. The molecule has 1 amide bonds. The van der Waals surface area contributed by atoms with Crippen molar-refractivity contribution in [3.05, 3.63) is 0 Å². The average Bonchev–Trinajstić information content (AvgIpc) is 2.99. The number of hydrogen-bond donors (Lipinski definition) is 1. The quantitative estimate of drug-likeness (QED) is 0.786. The molecular formula is C15H28N2O. The zero-order chi connectivity index (χ0) is 13.1.